The molecule has 5 nitrogen and oxygen atoms in total. The SMILES string of the molecule is CCC[C@@H](N)C(=O)Nc1cccc(C)c1C(=O)O. The monoisotopic (exact) mass is 250 g/mol. The Kier molecular flexibility index (Phi) is 4.85. The highest BCUT2D eigenvalue weighted by molar-refractivity contribution is 6.02. The summed E-state index contributed by atoms with van der Waals surface area (Å²) < 4.78 is 0. The molecule has 1 rings (SSSR count). The maximum atomic E-state index is 11.8. The Labute approximate surface area is 106 Å². The molecule has 0 fully saturated rings. The van der Waals surface area contributed by atoms with Crippen LogP contribution in [0.1, 0.15) is 35.7 Å². The molecule has 0 aliphatic heterocycles. The Morgan fingerprint density at radius 3 is 2.67 bits per heavy atom. The van der Waals surface area contributed by atoms with Crippen LogP contribution in [0.5, 0.6) is 0 Å². The quantitative estimate of drug-likeness (QED) is 0.742. The third-order valence-electron chi connectivity index (χ3n) is 2.68. The van der Waals surface area contributed by atoms with Crippen molar-refractivity contribution in [1.82, 2.24) is 0 Å². The fraction of sp³-hybridized carbons (Fsp3) is 0.385. The fourth-order valence-electron chi connectivity index (χ4n) is 1.72. The number of carboxylic acid groups (broad SMARTS) is 1. The van der Waals surface area contributed by atoms with Crippen molar-refractivity contribution >= 4 is 17.6 Å². The molecule has 0 aliphatic rings. The van der Waals surface area contributed by atoms with Gasteiger partial charge in [-0.3, -0.25) is 4.79 Å². The van der Waals surface area contributed by atoms with E-state index in [-0.39, 0.29) is 11.5 Å². The number of nitrogens with one attached hydrogen (secondary N) is 1. The normalized spacial score (nSPS) is 11.9. The lowest BCUT2D eigenvalue weighted by Gasteiger charge is -2.14. The lowest BCUT2D eigenvalue weighted by Crippen LogP contribution is -2.35. The molecule has 18 heavy (non-hydrogen) atoms. The molecule has 0 saturated heterocycles. The number of amides is 1. The number of hydrogen-bond acceptors (Lipinski definition) is 3. The molecule has 0 bridgehead atoms. The highest BCUT2D eigenvalue weighted by Gasteiger charge is 2.17. The highest BCUT2D eigenvalue weighted by atomic mass is 16.4. The lowest BCUT2D eigenvalue weighted by molar-refractivity contribution is -0.117. The van der Waals surface area contributed by atoms with E-state index >= 15 is 0 Å². The summed E-state index contributed by atoms with van der Waals surface area (Å²) in [4.78, 5) is 22.9. The van der Waals surface area contributed by atoms with Crippen LogP contribution in [-0.2, 0) is 4.79 Å². The van der Waals surface area contributed by atoms with Crippen LogP contribution in [0.4, 0.5) is 5.69 Å². The summed E-state index contributed by atoms with van der Waals surface area (Å²) in [5.74, 6) is -1.42. The smallest absolute Gasteiger partial charge is 0.338 e. The molecular formula is C13H18N2O3. The predicted molar refractivity (Wildman–Crippen MR) is 69.7 cm³/mol. The van der Waals surface area contributed by atoms with Crippen LogP contribution in [-0.4, -0.2) is 23.0 Å². The summed E-state index contributed by atoms with van der Waals surface area (Å²) in [6, 6.07) is 4.33. The molecular weight excluding hydrogens is 232 g/mol. The number of benzene rings is 1. The minimum atomic E-state index is -1.06. The average molecular weight is 250 g/mol. The van der Waals surface area contributed by atoms with E-state index in [2.05, 4.69) is 5.32 Å². The zero-order valence-corrected chi connectivity index (χ0v) is 10.6. The molecule has 0 unspecified atom stereocenters. The number of carbonyl (C=O) groups excluding carboxylic acids is 1. The van der Waals surface area contributed by atoms with Crippen LogP contribution in [0.15, 0.2) is 18.2 Å². The van der Waals surface area contributed by atoms with Crippen molar-refractivity contribution in [3.8, 4) is 0 Å². The number of carbonyl (C=O) groups is 2. The van der Waals surface area contributed by atoms with Gasteiger partial charge in [0.15, 0.2) is 0 Å². The molecule has 0 radical (unpaired) electrons. The zero-order valence-electron chi connectivity index (χ0n) is 10.6. The number of hydrogen-bond donors (Lipinski definition) is 3. The zero-order chi connectivity index (χ0) is 13.7. The second-order valence-electron chi connectivity index (χ2n) is 4.19. The first-order valence-corrected chi connectivity index (χ1v) is 5.86. The van der Waals surface area contributed by atoms with Crippen LogP contribution >= 0.6 is 0 Å². The summed E-state index contributed by atoms with van der Waals surface area (Å²) in [6.45, 7) is 3.62. The minimum Gasteiger partial charge on any atom is -0.478 e. The number of aryl methyl sites for hydroxylation is 1. The second-order valence-corrected chi connectivity index (χ2v) is 4.19. The molecule has 1 aromatic carbocycles. The third-order valence-corrected chi connectivity index (χ3v) is 2.68. The summed E-state index contributed by atoms with van der Waals surface area (Å²) in [5, 5.41) is 11.7. The molecule has 0 heterocycles. The van der Waals surface area contributed by atoms with Crippen LogP contribution in [0.3, 0.4) is 0 Å². The molecule has 1 amide bonds. The van der Waals surface area contributed by atoms with Gasteiger partial charge in [0, 0.05) is 0 Å². The van der Waals surface area contributed by atoms with Gasteiger partial charge in [0.25, 0.3) is 0 Å². The first-order chi connectivity index (χ1) is 8.47. The largest absolute Gasteiger partial charge is 0.478 e. The molecule has 0 spiro atoms. The number of nitrogens with two attached hydrogens (primary N) is 1. The summed E-state index contributed by atoms with van der Waals surface area (Å²) >= 11 is 0. The van der Waals surface area contributed by atoms with Crippen molar-refractivity contribution in [1.29, 1.82) is 0 Å². The maximum absolute atomic E-state index is 11.8. The fourth-order valence-corrected chi connectivity index (χ4v) is 1.72. The second kappa shape index (κ2) is 6.16. The van der Waals surface area contributed by atoms with Crippen LogP contribution < -0.4 is 11.1 Å². The van der Waals surface area contributed by atoms with E-state index in [1.54, 1.807) is 25.1 Å². The molecule has 98 valence electrons. The van der Waals surface area contributed by atoms with Crippen molar-refractivity contribution in [2.75, 3.05) is 5.32 Å². The van der Waals surface area contributed by atoms with E-state index in [0.717, 1.165) is 6.42 Å². The Bertz CT molecular complexity index is 458. The van der Waals surface area contributed by atoms with Gasteiger partial charge in [0.05, 0.1) is 17.3 Å². The molecule has 0 aliphatic carbocycles. The van der Waals surface area contributed by atoms with E-state index in [4.69, 9.17) is 10.8 Å². The van der Waals surface area contributed by atoms with E-state index in [1.807, 2.05) is 6.92 Å². The van der Waals surface area contributed by atoms with Gasteiger partial charge in [-0.25, -0.2) is 4.79 Å². The highest BCUT2D eigenvalue weighted by Crippen LogP contribution is 2.19. The van der Waals surface area contributed by atoms with E-state index in [0.29, 0.717) is 17.7 Å². The van der Waals surface area contributed by atoms with Crippen molar-refractivity contribution in [3.63, 3.8) is 0 Å². The molecule has 0 saturated carbocycles. The van der Waals surface area contributed by atoms with E-state index in [9.17, 15) is 9.59 Å². The average Bonchev–Trinajstić information content (AvgIpc) is 2.28. The molecule has 1 atom stereocenters. The van der Waals surface area contributed by atoms with Gasteiger partial charge in [-0.1, -0.05) is 25.5 Å². The topological polar surface area (TPSA) is 92.4 Å². The van der Waals surface area contributed by atoms with Gasteiger partial charge in [-0.2, -0.15) is 0 Å². The summed E-state index contributed by atoms with van der Waals surface area (Å²) in [5.41, 5.74) is 6.68. The summed E-state index contributed by atoms with van der Waals surface area (Å²) in [6.07, 6.45) is 1.37. The number of aromatic carboxylic acids is 1. The van der Waals surface area contributed by atoms with Gasteiger partial charge >= 0.3 is 5.97 Å². The third kappa shape index (κ3) is 3.30. The van der Waals surface area contributed by atoms with Crippen molar-refractivity contribution in [3.05, 3.63) is 29.3 Å². The summed E-state index contributed by atoms with van der Waals surface area (Å²) in [7, 11) is 0. The number of rotatable bonds is 5. The van der Waals surface area contributed by atoms with Gasteiger partial charge in [-0.05, 0) is 25.0 Å². The lowest BCUT2D eigenvalue weighted by atomic mass is 10.1. The van der Waals surface area contributed by atoms with Crippen LogP contribution in [0, 0.1) is 6.92 Å². The first kappa shape index (κ1) is 14.2. The van der Waals surface area contributed by atoms with Gasteiger partial charge in [-0.15, -0.1) is 0 Å². The van der Waals surface area contributed by atoms with Crippen LogP contribution in [0.25, 0.3) is 0 Å². The van der Waals surface area contributed by atoms with Crippen molar-refractivity contribution < 1.29 is 14.7 Å². The maximum Gasteiger partial charge on any atom is 0.338 e. The number of anilines is 1. The number of carboxylic acids is 1. The van der Waals surface area contributed by atoms with Gasteiger partial charge in [0.1, 0.15) is 0 Å². The van der Waals surface area contributed by atoms with Gasteiger partial charge < -0.3 is 16.2 Å². The van der Waals surface area contributed by atoms with Crippen LogP contribution in [0.2, 0.25) is 0 Å². The molecule has 1 aromatic rings. The Hall–Kier alpha value is -1.88. The van der Waals surface area contributed by atoms with Crippen molar-refractivity contribution in [2.45, 2.75) is 32.7 Å². The molecule has 4 N–H and O–H groups in total. The Morgan fingerprint density at radius 2 is 2.11 bits per heavy atom. The van der Waals surface area contributed by atoms with Gasteiger partial charge in [0.2, 0.25) is 5.91 Å². The first-order valence-electron chi connectivity index (χ1n) is 5.86. The molecule has 5 heteroatoms. The standard InChI is InChI=1S/C13H18N2O3/c1-3-5-9(14)12(16)15-10-7-4-6-8(2)11(10)13(17)18/h4,6-7,9H,3,5,14H2,1-2H3,(H,15,16)(H,17,18)/t9-/m1/s1. The predicted octanol–water partition coefficient (Wildman–Crippen LogP) is 1.76. The molecule has 0 aromatic heterocycles. The van der Waals surface area contributed by atoms with E-state index < -0.39 is 12.0 Å². The Morgan fingerprint density at radius 1 is 1.44 bits per heavy atom. The van der Waals surface area contributed by atoms with E-state index in [1.165, 1.54) is 0 Å². The Balaban J connectivity index is 2.94. The minimum absolute atomic E-state index is 0.106. The van der Waals surface area contributed by atoms with Crippen molar-refractivity contribution in [2.24, 2.45) is 5.73 Å².